The van der Waals surface area contributed by atoms with Crippen LogP contribution in [0.15, 0.2) is 42.6 Å². The van der Waals surface area contributed by atoms with Crippen molar-refractivity contribution < 1.29 is 14.4 Å². The van der Waals surface area contributed by atoms with Crippen molar-refractivity contribution in [3.8, 4) is 0 Å². The summed E-state index contributed by atoms with van der Waals surface area (Å²) in [5.74, 6) is -0.887. The minimum Gasteiger partial charge on any atom is -0.364 e. The van der Waals surface area contributed by atoms with Crippen LogP contribution in [-0.2, 0) is 23.2 Å². The molecule has 0 aliphatic rings. The highest BCUT2D eigenvalue weighted by molar-refractivity contribution is 5.95. The van der Waals surface area contributed by atoms with E-state index in [1.807, 2.05) is 30.3 Å². The lowest BCUT2D eigenvalue weighted by Crippen LogP contribution is -2.31. The van der Waals surface area contributed by atoms with Gasteiger partial charge in [0.1, 0.15) is 5.69 Å². The van der Waals surface area contributed by atoms with Crippen molar-refractivity contribution in [2.45, 2.75) is 19.9 Å². The molecule has 0 atom stereocenters. The molecule has 0 fully saturated rings. The van der Waals surface area contributed by atoms with Crippen LogP contribution >= 0.6 is 0 Å². The molecule has 0 bridgehead atoms. The Bertz CT molecular complexity index is 768. The minimum atomic E-state index is -0.561. The number of nitrogens with one attached hydrogen (secondary N) is 1. The van der Waals surface area contributed by atoms with E-state index in [2.05, 4.69) is 5.32 Å². The molecule has 0 saturated heterocycles. The van der Waals surface area contributed by atoms with E-state index >= 15 is 0 Å². The highest BCUT2D eigenvalue weighted by Gasteiger charge is 2.14. The molecule has 1 heterocycles. The Morgan fingerprint density at radius 2 is 1.88 bits per heavy atom. The van der Waals surface area contributed by atoms with E-state index in [-0.39, 0.29) is 18.2 Å². The molecule has 2 rings (SSSR count). The number of aryl methyl sites for hydroxylation is 1. The van der Waals surface area contributed by atoms with Gasteiger partial charge in [-0.1, -0.05) is 30.3 Å². The fourth-order valence-corrected chi connectivity index (χ4v) is 2.49. The third kappa shape index (κ3) is 5.20. The average Bonchev–Trinajstić information content (AvgIpc) is 2.92. The van der Waals surface area contributed by atoms with E-state index in [4.69, 9.17) is 5.73 Å². The third-order valence-electron chi connectivity index (χ3n) is 3.81. The average molecular weight is 342 g/mol. The van der Waals surface area contributed by atoms with Crippen molar-refractivity contribution in [2.75, 3.05) is 11.9 Å². The van der Waals surface area contributed by atoms with Gasteiger partial charge in [-0.2, -0.15) is 0 Å². The summed E-state index contributed by atoms with van der Waals surface area (Å²) in [6.45, 7) is 2.25. The Hall–Kier alpha value is -3.09. The largest absolute Gasteiger partial charge is 0.364 e. The number of nitrogens with two attached hydrogens (primary N) is 1. The van der Waals surface area contributed by atoms with Crippen LogP contribution in [0, 0.1) is 0 Å². The van der Waals surface area contributed by atoms with E-state index in [9.17, 15) is 14.4 Å². The Morgan fingerprint density at radius 1 is 1.20 bits per heavy atom. The van der Waals surface area contributed by atoms with Crippen molar-refractivity contribution in [3.63, 3.8) is 0 Å². The number of hydrogen-bond acceptors (Lipinski definition) is 3. The summed E-state index contributed by atoms with van der Waals surface area (Å²) in [7, 11) is 1.67. The molecule has 0 radical (unpaired) electrons. The molecular formula is C18H22N4O3. The van der Waals surface area contributed by atoms with Gasteiger partial charge in [0.05, 0.1) is 5.69 Å². The van der Waals surface area contributed by atoms with Gasteiger partial charge >= 0.3 is 0 Å². The zero-order valence-electron chi connectivity index (χ0n) is 14.4. The standard InChI is InChI=1S/C18H22N4O3/c1-13(23)22(11-14-6-4-3-5-7-14)9-8-17(24)20-15-10-16(18(19)25)21(2)12-15/h3-7,10,12H,8-9,11H2,1-2H3,(H2,19,25)(H,20,24). The summed E-state index contributed by atoms with van der Waals surface area (Å²) in [6, 6.07) is 11.1. The van der Waals surface area contributed by atoms with Crippen molar-refractivity contribution in [1.29, 1.82) is 0 Å². The summed E-state index contributed by atoms with van der Waals surface area (Å²) in [6.07, 6.45) is 1.78. The molecule has 3 amide bonds. The second-order valence-corrected chi connectivity index (χ2v) is 5.81. The first-order chi connectivity index (χ1) is 11.9. The number of hydrogen-bond donors (Lipinski definition) is 2. The van der Waals surface area contributed by atoms with E-state index in [0.717, 1.165) is 5.56 Å². The second-order valence-electron chi connectivity index (χ2n) is 5.81. The maximum Gasteiger partial charge on any atom is 0.265 e. The molecule has 132 valence electrons. The van der Waals surface area contributed by atoms with Gasteiger partial charge in [-0.25, -0.2) is 0 Å². The molecule has 25 heavy (non-hydrogen) atoms. The lowest BCUT2D eigenvalue weighted by atomic mass is 10.2. The molecule has 2 aromatic rings. The van der Waals surface area contributed by atoms with E-state index in [1.165, 1.54) is 13.0 Å². The number of anilines is 1. The Morgan fingerprint density at radius 3 is 2.44 bits per heavy atom. The molecule has 7 nitrogen and oxygen atoms in total. The van der Waals surface area contributed by atoms with Crippen LogP contribution < -0.4 is 11.1 Å². The summed E-state index contributed by atoms with van der Waals surface area (Å²) >= 11 is 0. The first-order valence-electron chi connectivity index (χ1n) is 7.92. The quantitative estimate of drug-likeness (QED) is 0.798. The SMILES string of the molecule is CC(=O)N(CCC(=O)Nc1cc(C(N)=O)n(C)c1)Cc1ccccc1. The molecule has 1 aromatic carbocycles. The topological polar surface area (TPSA) is 97.4 Å². The van der Waals surface area contributed by atoms with Gasteiger partial charge in [0.25, 0.3) is 5.91 Å². The third-order valence-corrected chi connectivity index (χ3v) is 3.81. The molecule has 7 heteroatoms. The van der Waals surface area contributed by atoms with E-state index in [0.29, 0.717) is 24.5 Å². The zero-order valence-corrected chi connectivity index (χ0v) is 14.4. The first kappa shape index (κ1) is 18.3. The molecule has 0 saturated carbocycles. The lowest BCUT2D eigenvalue weighted by Gasteiger charge is -2.20. The minimum absolute atomic E-state index is 0.0904. The van der Waals surface area contributed by atoms with Crippen LogP contribution in [0.3, 0.4) is 0 Å². The van der Waals surface area contributed by atoms with Crippen molar-refractivity contribution in [2.24, 2.45) is 12.8 Å². The van der Waals surface area contributed by atoms with Crippen LogP contribution in [0.4, 0.5) is 5.69 Å². The molecular weight excluding hydrogens is 320 g/mol. The number of aromatic nitrogens is 1. The monoisotopic (exact) mass is 342 g/mol. The predicted molar refractivity (Wildman–Crippen MR) is 94.7 cm³/mol. The fourth-order valence-electron chi connectivity index (χ4n) is 2.49. The van der Waals surface area contributed by atoms with Gasteiger partial charge in [-0.3, -0.25) is 14.4 Å². The highest BCUT2D eigenvalue weighted by atomic mass is 16.2. The van der Waals surface area contributed by atoms with Gasteiger partial charge < -0.3 is 20.5 Å². The summed E-state index contributed by atoms with van der Waals surface area (Å²) in [4.78, 5) is 36.7. The van der Waals surface area contributed by atoms with Gasteiger partial charge in [0.15, 0.2) is 0 Å². The molecule has 0 aliphatic carbocycles. The van der Waals surface area contributed by atoms with Gasteiger partial charge in [-0.05, 0) is 11.6 Å². The Kier molecular flexibility index (Phi) is 5.94. The zero-order chi connectivity index (χ0) is 18.4. The predicted octanol–water partition coefficient (Wildman–Crippen LogP) is 1.50. The number of benzene rings is 1. The normalized spacial score (nSPS) is 10.3. The summed E-state index contributed by atoms with van der Waals surface area (Å²) < 4.78 is 1.55. The molecule has 0 spiro atoms. The molecule has 0 unspecified atom stereocenters. The first-order valence-corrected chi connectivity index (χ1v) is 7.92. The Balaban J connectivity index is 1.91. The lowest BCUT2D eigenvalue weighted by molar-refractivity contribution is -0.129. The van der Waals surface area contributed by atoms with Crippen LogP contribution in [0.1, 0.15) is 29.4 Å². The number of carbonyl (C=O) groups is 3. The van der Waals surface area contributed by atoms with Crippen LogP contribution in [0.25, 0.3) is 0 Å². The van der Waals surface area contributed by atoms with Crippen LogP contribution in [-0.4, -0.2) is 33.7 Å². The molecule has 0 aliphatic heterocycles. The number of rotatable bonds is 7. The van der Waals surface area contributed by atoms with Crippen LogP contribution in [0.2, 0.25) is 0 Å². The molecule has 1 aromatic heterocycles. The van der Waals surface area contributed by atoms with Crippen molar-refractivity contribution >= 4 is 23.4 Å². The number of carbonyl (C=O) groups excluding carboxylic acids is 3. The van der Waals surface area contributed by atoms with Gasteiger partial charge in [0.2, 0.25) is 11.8 Å². The summed E-state index contributed by atoms with van der Waals surface area (Å²) in [5.41, 5.74) is 7.06. The van der Waals surface area contributed by atoms with Gasteiger partial charge in [-0.15, -0.1) is 0 Å². The maximum atomic E-state index is 12.1. The highest BCUT2D eigenvalue weighted by Crippen LogP contribution is 2.13. The Labute approximate surface area is 146 Å². The van der Waals surface area contributed by atoms with E-state index < -0.39 is 5.91 Å². The summed E-state index contributed by atoms with van der Waals surface area (Å²) in [5, 5.41) is 2.71. The van der Waals surface area contributed by atoms with Crippen LogP contribution in [0.5, 0.6) is 0 Å². The van der Waals surface area contributed by atoms with E-state index in [1.54, 1.807) is 22.7 Å². The molecule has 3 N–H and O–H groups in total. The second kappa shape index (κ2) is 8.14. The smallest absolute Gasteiger partial charge is 0.265 e. The van der Waals surface area contributed by atoms with Crippen molar-refractivity contribution in [3.05, 3.63) is 53.9 Å². The maximum absolute atomic E-state index is 12.1. The fraction of sp³-hybridized carbons (Fsp3) is 0.278. The number of amides is 3. The number of primary amides is 1. The van der Waals surface area contributed by atoms with Crippen molar-refractivity contribution in [1.82, 2.24) is 9.47 Å². The number of nitrogens with zero attached hydrogens (tertiary/aromatic N) is 2. The van der Waals surface area contributed by atoms with Gasteiger partial charge in [0, 0.05) is 39.7 Å².